The topological polar surface area (TPSA) is 78.6 Å². The Hall–Kier alpha value is -1.84. The lowest BCUT2D eigenvalue weighted by atomic mass is 10.3. The fraction of sp³-hybridized carbons (Fsp3) is 0.438. The summed E-state index contributed by atoms with van der Waals surface area (Å²) < 4.78 is 5.09. The van der Waals surface area contributed by atoms with Crippen molar-refractivity contribution in [1.29, 1.82) is 0 Å². The van der Waals surface area contributed by atoms with E-state index in [1.807, 2.05) is 6.07 Å². The van der Waals surface area contributed by atoms with Gasteiger partial charge in [0.1, 0.15) is 0 Å². The highest BCUT2D eigenvalue weighted by molar-refractivity contribution is 14.0. The van der Waals surface area contributed by atoms with Gasteiger partial charge >= 0.3 is 0 Å². The molecule has 1 aliphatic heterocycles. The van der Waals surface area contributed by atoms with Crippen LogP contribution >= 0.6 is 24.0 Å². The van der Waals surface area contributed by atoms with Gasteiger partial charge in [-0.25, -0.2) is 0 Å². The SMILES string of the molecule is CN=C(NCc1nc(C)no1)NC1CCN(c2ccccc2)C1.I. The van der Waals surface area contributed by atoms with E-state index in [0.29, 0.717) is 24.3 Å². The second kappa shape index (κ2) is 8.86. The van der Waals surface area contributed by atoms with Crippen LogP contribution in [0.4, 0.5) is 5.69 Å². The number of rotatable bonds is 4. The van der Waals surface area contributed by atoms with Crippen LogP contribution in [0, 0.1) is 6.92 Å². The molecule has 2 heterocycles. The number of nitrogens with zero attached hydrogens (tertiary/aromatic N) is 4. The summed E-state index contributed by atoms with van der Waals surface area (Å²) in [5.41, 5.74) is 1.26. The van der Waals surface area contributed by atoms with Crippen LogP contribution < -0.4 is 15.5 Å². The quantitative estimate of drug-likeness (QED) is 0.428. The fourth-order valence-corrected chi connectivity index (χ4v) is 2.71. The van der Waals surface area contributed by atoms with Gasteiger partial charge in [-0.3, -0.25) is 4.99 Å². The highest BCUT2D eigenvalue weighted by Crippen LogP contribution is 2.19. The van der Waals surface area contributed by atoms with Crippen molar-refractivity contribution < 1.29 is 4.52 Å². The second-order valence-corrected chi connectivity index (χ2v) is 5.57. The number of anilines is 1. The van der Waals surface area contributed by atoms with Crippen LogP contribution in [0.5, 0.6) is 0 Å². The van der Waals surface area contributed by atoms with Crippen molar-refractivity contribution in [3.05, 3.63) is 42.0 Å². The van der Waals surface area contributed by atoms with Gasteiger partial charge < -0.3 is 20.1 Å². The number of aromatic nitrogens is 2. The van der Waals surface area contributed by atoms with Crippen molar-refractivity contribution in [3.8, 4) is 0 Å². The molecule has 24 heavy (non-hydrogen) atoms. The molecule has 0 radical (unpaired) electrons. The van der Waals surface area contributed by atoms with Crippen LogP contribution in [0.2, 0.25) is 0 Å². The van der Waals surface area contributed by atoms with E-state index in [2.05, 4.69) is 54.9 Å². The van der Waals surface area contributed by atoms with Gasteiger partial charge in [0.05, 0.1) is 6.54 Å². The van der Waals surface area contributed by atoms with Crippen LogP contribution in [0.3, 0.4) is 0 Å². The fourth-order valence-electron chi connectivity index (χ4n) is 2.71. The molecular weight excluding hydrogens is 419 g/mol. The zero-order chi connectivity index (χ0) is 16.1. The zero-order valence-corrected chi connectivity index (χ0v) is 16.2. The molecule has 1 unspecified atom stereocenters. The van der Waals surface area contributed by atoms with E-state index < -0.39 is 0 Å². The van der Waals surface area contributed by atoms with Gasteiger partial charge in [0.2, 0.25) is 5.89 Å². The summed E-state index contributed by atoms with van der Waals surface area (Å²) in [6.45, 7) is 4.28. The number of para-hydroxylation sites is 1. The Morgan fingerprint density at radius 2 is 2.17 bits per heavy atom. The Kier molecular flexibility index (Phi) is 6.83. The number of guanidine groups is 1. The summed E-state index contributed by atoms with van der Waals surface area (Å²) in [4.78, 5) is 10.8. The minimum atomic E-state index is 0. The smallest absolute Gasteiger partial charge is 0.246 e. The predicted octanol–water partition coefficient (Wildman–Crippen LogP) is 1.94. The highest BCUT2D eigenvalue weighted by atomic mass is 127. The van der Waals surface area contributed by atoms with Gasteiger partial charge in [-0.05, 0) is 25.5 Å². The van der Waals surface area contributed by atoms with Crippen LogP contribution in [0.25, 0.3) is 0 Å². The van der Waals surface area contributed by atoms with Gasteiger partial charge in [0.15, 0.2) is 11.8 Å². The average Bonchev–Trinajstić information content (AvgIpc) is 3.21. The van der Waals surface area contributed by atoms with Gasteiger partial charge in [-0.2, -0.15) is 4.98 Å². The summed E-state index contributed by atoms with van der Waals surface area (Å²) in [7, 11) is 1.76. The molecule has 8 heteroatoms. The van der Waals surface area contributed by atoms with E-state index in [1.165, 1.54) is 5.69 Å². The number of hydrogen-bond acceptors (Lipinski definition) is 5. The van der Waals surface area contributed by atoms with Crippen molar-refractivity contribution in [2.24, 2.45) is 4.99 Å². The maximum absolute atomic E-state index is 5.09. The Bertz CT molecular complexity index is 660. The number of hydrogen-bond donors (Lipinski definition) is 2. The molecule has 0 saturated carbocycles. The van der Waals surface area contributed by atoms with E-state index in [9.17, 15) is 0 Å². The summed E-state index contributed by atoms with van der Waals surface area (Å²) >= 11 is 0. The lowest BCUT2D eigenvalue weighted by Crippen LogP contribution is -2.44. The highest BCUT2D eigenvalue weighted by Gasteiger charge is 2.23. The molecule has 2 aromatic rings. The number of aliphatic imine (C=N–C) groups is 1. The standard InChI is InChI=1S/C16H22N6O.HI/c1-12-19-15(23-21-12)10-18-16(17-2)20-13-8-9-22(11-13)14-6-4-3-5-7-14;/h3-7,13H,8-11H2,1-2H3,(H2,17,18,20);1H. The predicted molar refractivity (Wildman–Crippen MR) is 105 cm³/mol. The van der Waals surface area contributed by atoms with E-state index in [-0.39, 0.29) is 24.0 Å². The Balaban J connectivity index is 0.00000208. The third-order valence-electron chi connectivity index (χ3n) is 3.85. The molecule has 1 aromatic heterocycles. The molecule has 1 fully saturated rings. The average molecular weight is 442 g/mol. The molecule has 0 bridgehead atoms. The molecule has 0 spiro atoms. The lowest BCUT2D eigenvalue weighted by molar-refractivity contribution is 0.371. The van der Waals surface area contributed by atoms with Crippen LogP contribution in [-0.2, 0) is 6.54 Å². The van der Waals surface area contributed by atoms with Gasteiger partial charge in [-0.1, -0.05) is 23.4 Å². The summed E-state index contributed by atoms with van der Waals surface area (Å²) in [5, 5.41) is 10.4. The second-order valence-electron chi connectivity index (χ2n) is 5.57. The van der Waals surface area contributed by atoms with Gasteiger partial charge in [0.25, 0.3) is 0 Å². The molecule has 1 aromatic carbocycles. The first-order chi connectivity index (χ1) is 11.2. The van der Waals surface area contributed by atoms with Crippen molar-refractivity contribution >= 4 is 35.6 Å². The van der Waals surface area contributed by atoms with Crippen LogP contribution in [-0.4, -0.2) is 42.3 Å². The Morgan fingerprint density at radius 1 is 1.38 bits per heavy atom. The first-order valence-electron chi connectivity index (χ1n) is 7.81. The summed E-state index contributed by atoms with van der Waals surface area (Å²) in [6.07, 6.45) is 1.08. The van der Waals surface area contributed by atoms with E-state index in [4.69, 9.17) is 4.52 Å². The molecule has 0 amide bonds. The molecule has 1 atom stereocenters. The molecule has 0 aliphatic carbocycles. The first kappa shape index (κ1) is 18.5. The van der Waals surface area contributed by atoms with Crippen molar-refractivity contribution in [1.82, 2.24) is 20.8 Å². The van der Waals surface area contributed by atoms with E-state index in [0.717, 1.165) is 25.5 Å². The molecule has 3 rings (SSSR count). The number of benzene rings is 1. The third kappa shape index (κ3) is 4.83. The molecular formula is C16H23IN6O. The van der Waals surface area contributed by atoms with Gasteiger partial charge in [0, 0.05) is 31.9 Å². The largest absolute Gasteiger partial charge is 0.369 e. The zero-order valence-electron chi connectivity index (χ0n) is 13.9. The van der Waals surface area contributed by atoms with Crippen LogP contribution in [0.1, 0.15) is 18.1 Å². The van der Waals surface area contributed by atoms with E-state index in [1.54, 1.807) is 14.0 Å². The first-order valence-corrected chi connectivity index (χ1v) is 7.81. The van der Waals surface area contributed by atoms with E-state index >= 15 is 0 Å². The molecule has 1 saturated heterocycles. The van der Waals surface area contributed by atoms with Crippen molar-refractivity contribution in [2.45, 2.75) is 25.9 Å². The number of halogens is 1. The summed E-state index contributed by atoms with van der Waals surface area (Å²) in [6, 6.07) is 10.8. The van der Waals surface area contributed by atoms with Crippen LogP contribution in [0.15, 0.2) is 39.8 Å². The molecule has 7 nitrogen and oxygen atoms in total. The molecule has 1 aliphatic rings. The van der Waals surface area contributed by atoms with Gasteiger partial charge in [-0.15, -0.1) is 24.0 Å². The minimum absolute atomic E-state index is 0. The maximum atomic E-state index is 5.09. The number of nitrogens with one attached hydrogen (secondary N) is 2. The minimum Gasteiger partial charge on any atom is -0.369 e. The monoisotopic (exact) mass is 442 g/mol. The van der Waals surface area contributed by atoms with Crippen molar-refractivity contribution in [2.75, 3.05) is 25.0 Å². The summed E-state index contributed by atoms with van der Waals surface area (Å²) in [5.74, 6) is 1.95. The lowest BCUT2D eigenvalue weighted by Gasteiger charge is -2.20. The third-order valence-corrected chi connectivity index (χ3v) is 3.85. The van der Waals surface area contributed by atoms with Crippen molar-refractivity contribution in [3.63, 3.8) is 0 Å². The molecule has 2 N–H and O–H groups in total. The Morgan fingerprint density at radius 3 is 2.83 bits per heavy atom. The normalized spacial score (nSPS) is 17.5. The Labute approximate surface area is 158 Å². The molecule has 130 valence electrons. The maximum Gasteiger partial charge on any atom is 0.246 e. The number of aryl methyl sites for hydroxylation is 1.